The Morgan fingerprint density at radius 2 is 2.14 bits per heavy atom. The molecule has 0 spiro atoms. The lowest BCUT2D eigenvalue weighted by Crippen LogP contribution is -2.31. The first-order valence-electron chi connectivity index (χ1n) is 4.37. The Labute approximate surface area is 80.6 Å². The molecular weight excluding hydrogens is 188 g/mol. The number of fused-ring (bicyclic) bond motifs is 1. The van der Waals surface area contributed by atoms with Gasteiger partial charge in [0.2, 0.25) is 0 Å². The van der Waals surface area contributed by atoms with Gasteiger partial charge in [-0.25, -0.2) is 9.98 Å². The highest BCUT2D eigenvalue weighted by molar-refractivity contribution is 5.80. The molecule has 0 bridgehead atoms. The number of aliphatic hydroxyl groups is 3. The number of aliphatic imine (C=N–C) groups is 2. The molecule has 1 aliphatic heterocycles. The van der Waals surface area contributed by atoms with E-state index in [1.807, 2.05) is 0 Å². The minimum Gasteiger partial charge on any atom is -0.458 e. The van der Waals surface area contributed by atoms with Gasteiger partial charge >= 0.3 is 6.02 Å². The van der Waals surface area contributed by atoms with Crippen molar-refractivity contribution in [1.82, 2.24) is 0 Å². The fraction of sp³-hybridized carbons (Fsp3) is 0.750. The molecule has 0 aromatic heterocycles. The predicted molar refractivity (Wildman–Crippen MR) is 48.2 cm³/mol. The zero-order chi connectivity index (χ0) is 10.3. The number of aliphatic hydroxyl groups excluding tert-OH is 3. The first-order valence-corrected chi connectivity index (χ1v) is 4.37. The fourth-order valence-electron chi connectivity index (χ4n) is 1.97. The van der Waals surface area contributed by atoms with Gasteiger partial charge in [0.05, 0.1) is 18.6 Å². The molecule has 0 saturated heterocycles. The molecule has 1 fully saturated rings. The van der Waals surface area contributed by atoms with E-state index in [1.54, 1.807) is 0 Å². The smallest absolute Gasteiger partial charge is 0.311 e. The van der Waals surface area contributed by atoms with Crippen molar-refractivity contribution in [2.75, 3.05) is 6.61 Å². The van der Waals surface area contributed by atoms with Crippen LogP contribution in [0.25, 0.3) is 0 Å². The lowest BCUT2D eigenvalue weighted by atomic mass is 10.1. The van der Waals surface area contributed by atoms with E-state index < -0.39 is 30.3 Å². The van der Waals surface area contributed by atoms with E-state index >= 15 is 0 Å². The fourth-order valence-corrected chi connectivity index (χ4v) is 1.97. The number of nitrogens with zero attached hydrogens (tertiary/aromatic N) is 2. The number of hydrogen-bond donors (Lipinski definition) is 3. The molecule has 0 aromatic rings. The molecule has 5 atom stereocenters. The summed E-state index contributed by atoms with van der Waals surface area (Å²) in [6.07, 6.45) is -2.49. The topological polar surface area (TPSA) is 94.6 Å². The maximum Gasteiger partial charge on any atom is 0.311 e. The maximum absolute atomic E-state index is 9.57. The second-order valence-electron chi connectivity index (χ2n) is 3.47. The van der Waals surface area contributed by atoms with Gasteiger partial charge in [0, 0.05) is 0 Å². The zero-order valence-corrected chi connectivity index (χ0v) is 7.45. The highest BCUT2D eigenvalue weighted by Gasteiger charge is 2.54. The predicted octanol–water partition coefficient (Wildman–Crippen LogP) is -1.85. The van der Waals surface area contributed by atoms with Gasteiger partial charge in [-0.1, -0.05) is 0 Å². The summed E-state index contributed by atoms with van der Waals surface area (Å²) in [4.78, 5) is 7.44. The SMILES string of the molecule is C=NC1=NC2C(O)C(O)C(CO)C2O1. The van der Waals surface area contributed by atoms with Gasteiger partial charge in [-0.15, -0.1) is 0 Å². The standard InChI is InChI=1S/C8H12N2O4/c1-9-8-10-4-6(13)5(12)3(2-11)7(4)14-8/h3-7,11-13H,1-2H2. The Morgan fingerprint density at radius 1 is 1.43 bits per heavy atom. The Balaban J connectivity index is 2.22. The molecule has 14 heavy (non-hydrogen) atoms. The molecule has 1 heterocycles. The van der Waals surface area contributed by atoms with Crippen LogP contribution in [0.5, 0.6) is 0 Å². The number of hydrogen-bond acceptors (Lipinski definition) is 6. The summed E-state index contributed by atoms with van der Waals surface area (Å²) in [5.41, 5.74) is 0. The molecule has 1 saturated carbocycles. The van der Waals surface area contributed by atoms with Crippen LogP contribution in [0.4, 0.5) is 0 Å². The number of amidine groups is 1. The Hall–Kier alpha value is -0.980. The third kappa shape index (κ3) is 1.15. The second-order valence-corrected chi connectivity index (χ2v) is 3.47. The summed E-state index contributed by atoms with van der Waals surface area (Å²) in [6.45, 7) is 3.00. The van der Waals surface area contributed by atoms with E-state index in [-0.39, 0.29) is 12.6 Å². The quantitative estimate of drug-likeness (QED) is 0.433. The highest BCUT2D eigenvalue weighted by Crippen LogP contribution is 2.35. The van der Waals surface area contributed by atoms with Crippen molar-refractivity contribution in [1.29, 1.82) is 0 Å². The molecule has 6 heteroatoms. The van der Waals surface area contributed by atoms with Gasteiger partial charge in [-0.2, -0.15) is 0 Å². The van der Waals surface area contributed by atoms with Crippen molar-refractivity contribution in [3.8, 4) is 0 Å². The number of ether oxygens (including phenoxy) is 1. The first kappa shape index (κ1) is 9.57. The molecule has 2 aliphatic rings. The Bertz CT molecular complexity index is 281. The van der Waals surface area contributed by atoms with Crippen molar-refractivity contribution in [3.05, 3.63) is 0 Å². The van der Waals surface area contributed by atoms with Crippen molar-refractivity contribution in [2.24, 2.45) is 15.9 Å². The van der Waals surface area contributed by atoms with E-state index in [4.69, 9.17) is 9.84 Å². The number of rotatable bonds is 1. The highest BCUT2D eigenvalue weighted by atomic mass is 16.5. The van der Waals surface area contributed by atoms with E-state index in [0.29, 0.717) is 0 Å². The first-order chi connectivity index (χ1) is 6.69. The molecule has 78 valence electrons. The van der Waals surface area contributed by atoms with Crippen molar-refractivity contribution in [2.45, 2.75) is 24.4 Å². The van der Waals surface area contributed by atoms with E-state index in [1.165, 1.54) is 0 Å². The van der Waals surface area contributed by atoms with Gasteiger partial charge in [-0.3, -0.25) is 0 Å². The zero-order valence-electron chi connectivity index (χ0n) is 7.45. The molecule has 0 radical (unpaired) electrons. The Morgan fingerprint density at radius 3 is 2.71 bits per heavy atom. The molecule has 3 N–H and O–H groups in total. The van der Waals surface area contributed by atoms with E-state index in [0.717, 1.165) is 0 Å². The average Bonchev–Trinajstić information content (AvgIpc) is 2.69. The van der Waals surface area contributed by atoms with Crippen molar-refractivity contribution < 1.29 is 20.1 Å². The van der Waals surface area contributed by atoms with Crippen LogP contribution in [0.1, 0.15) is 0 Å². The van der Waals surface area contributed by atoms with Gasteiger partial charge in [0.25, 0.3) is 0 Å². The summed E-state index contributed by atoms with van der Waals surface area (Å²) in [6, 6.07) is -0.424. The molecule has 6 nitrogen and oxygen atoms in total. The summed E-state index contributed by atoms with van der Waals surface area (Å²) < 4.78 is 5.22. The molecule has 0 aromatic carbocycles. The minimum absolute atomic E-state index is 0.115. The van der Waals surface area contributed by atoms with Crippen LogP contribution in [0.15, 0.2) is 9.98 Å². The van der Waals surface area contributed by atoms with Crippen molar-refractivity contribution in [3.63, 3.8) is 0 Å². The minimum atomic E-state index is -1.00. The van der Waals surface area contributed by atoms with Gasteiger partial charge in [0.1, 0.15) is 18.2 Å². The lowest BCUT2D eigenvalue weighted by molar-refractivity contribution is -0.00679. The molecule has 5 unspecified atom stereocenters. The summed E-state index contributed by atoms with van der Waals surface area (Å²) in [5.74, 6) is -0.516. The van der Waals surface area contributed by atoms with Crippen LogP contribution in [0, 0.1) is 5.92 Å². The monoisotopic (exact) mass is 200 g/mol. The summed E-state index contributed by atoms with van der Waals surface area (Å²) >= 11 is 0. The van der Waals surface area contributed by atoms with Crippen molar-refractivity contribution >= 4 is 12.7 Å². The lowest BCUT2D eigenvalue weighted by Gasteiger charge is -2.17. The summed E-state index contributed by atoms with van der Waals surface area (Å²) in [7, 11) is 0. The molecular formula is C8H12N2O4. The van der Waals surface area contributed by atoms with Gasteiger partial charge in [-0.05, 0) is 6.72 Å². The van der Waals surface area contributed by atoms with Crippen LogP contribution in [-0.4, -0.2) is 59.0 Å². The van der Waals surface area contributed by atoms with Crippen LogP contribution >= 0.6 is 0 Å². The van der Waals surface area contributed by atoms with Gasteiger partial charge < -0.3 is 20.1 Å². The molecule has 1 aliphatic carbocycles. The molecule has 2 rings (SSSR count). The third-order valence-electron chi connectivity index (χ3n) is 2.74. The van der Waals surface area contributed by atoms with Crippen LogP contribution in [0.2, 0.25) is 0 Å². The largest absolute Gasteiger partial charge is 0.458 e. The van der Waals surface area contributed by atoms with Gasteiger partial charge in [0.15, 0.2) is 0 Å². The average molecular weight is 200 g/mol. The summed E-state index contributed by atoms with van der Waals surface area (Å²) in [5, 5.41) is 28.1. The van der Waals surface area contributed by atoms with E-state index in [2.05, 4.69) is 16.7 Å². The Kier molecular flexibility index (Phi) is 2.26. The van der Waals surface area contributed by atoms with Crippen LogP contribution in [-0.2, 0) is 4.74 Å². The van der Waals surface area contributed by atoms with Crippen LogP contribution < -0.4 is 0 Å². The molecule has 0 amide bonds. The van der Waals surface area contributed by atoms with Crippen LogP contribution in [0.3, 0.4) is 0 Å². The van der Waals surface area contributed by atoms with E-state index in [9.17, 15) is 10.2 Å². The normalized spacial score (nSPS) is 45.6. The second kappa shape index (κ2) is 3.30. The third-order valence-corrected chi connectivity index (χ3v) is 2.74. The maximum atomic E-state index is 9.57.